The lowest BCUT2D eigenvalue weighted by Gasteiger charge is -2.23. The van der Waals surface area contributed by atoms with Crippen molar-refractivity contribution in [2.45, 2.75) is 27.3 Å². The van der Waals surface area contributed by atoms with Crippen molar-refractivity contribution < 1.29 is 0 Å². The first kappa shape index (κ1) is 13.8. The Kier molecular flexibility index (Phi) is 4.38. The molecule has 0 bridgehead atoms. The van der Waals surface area contributed by atoms with Crippen LogP contribution in [0.15, 0.2) is 30.3 Å². The predicted octanol–water partition coefficient (Wildman–Crippen LogP) is 3.77. The molecule has 0 saturated carbocycles. The van der Waals surface area contributed by atoms with Crippen molar-refractivity contribution in [1.82, 2.24) is 9.97 Å². The molecule has 0 N–H and O–H groups in total. The highest BCUT2D eigenvalue weighted by Gasteiger charge is 2.13. The maximum Gasteiger partial charge on any atom is 0.171 e. The lowest BCUT2D eigenvalue weighted by atomic mass is 10.2. The Hall–Kier alpha value is -1.61. The number of nitrogens with zero attached hydrogens (tertiary/aromatic N) is 3. The quantitative estimate of drug-likeness (QED) is 0.850. The van der Waals surface area contributed by atoms with Crippen molar-refractivity contribution in [3.8, 4) is 0 Å². The van der Waals surface area contributed by atoms with E-state index in [1.54, 1.807) is 0 Å². The molecule has 0 amide bonds. The van der Waals surface area contributed by atoms with Crippen LogP contribution in [-0.2, 0) is 6.54 Å². The van der Waals surface area contributed by atoms with Crippen LogP contribution in [0, 0.1) is 13.8 Å². The van der Waals surface area contributed by atoms with Crippen LogP contribution in [-0.4, -0.2) is 16.5 Å². The van der Waals surface area contributed by atoms with Gasteiger partial charge < -0.3 is 4.90 Å². The molecule has 2 rings (SSSR count). The fourth-order valence-corrected chi connectivity index (χ4v) is 2.19. The molecule has 0 fully saturated rings. The topological polar surface area (TPSA) is 29.0 Å². The van der Waals surface area contributed by atoms with Crippen LogP contribution in [0.1, 0.15) is 23.9 Å². The summed E-state index contributed by atoms with van der Waals surface area (Å²) in [5.41, 5.74) is 3.04. The fraction of sp³-hybridized carbons (Fsp3) is 0.333. The van der Waals surface area contributed by atoms with Crippen molar-refractivity contribution >= 4 is 17.4 Å². The van der Waals surface area contributed by atoms with Crippen LogP contribution in [0.2, 0.25) is 5.15 Å². The number of aryl methyl sites for hydroxylation is 2. The van der Waals surface area contributed by atoms with Gasteiger partial charge >= 0.3 is 0 Å². The zero-order valence-corrected chi connectivity index (χ0v) is 12.3. The van der Waals surface area contributed by atoms with Gasteiger partial charge in [-0.05, 0) is 26.3 Å². The molecular formula is C15H18ClN3. The second-order valence-electron chi connectivity index (χ2n) is 4.51. The maximum atomic E-state index is 6.23. The van der Waals surface area contributed by atoms with Gasteiger partial charge in [0.05, 0.1) is 11.4 Å². The Balaban J connectivity index is 2.30. The average Bonchev–Trinajstić information content (AvgIpc) is 2.42. The van der Waals surface area contributed by atoms with Crippen LogP contribution in [0.25, 0.3) is 0 Å². The van der Waals surface area contributed by atoms with E-state index in [0.717, 1.165) is 30.3 Å². The predicted molar refractivity (Wildman–Crippen MR) is 79.7 cm³/mol. The molecular weight excluding hydrogens is 258 g/mol. The van der Waals surface area contributed by atoms with E-state index >= 15 is 0 Å². The van der Waals surface area contributed by atoms with E-state index in [4.69, 9.17) is 11.6 Å². The number of hydrogen-bond donors (Lipinski definition) is 0. The lowest BCUT2D eigenvalue weighted by molar-refractivity contribution is 0.802. The molecule has 0 unspecified atom stereocenters. The summed E-state index contributed by atoms with van der Waals surface area (Å²) < 4.78 is 0. The summed E-state index contributed by atoms with van der Waals surface area (Å²) in [7, 11) is 0. The molecule has 1 aromatic heterocycles. The molecule has 0 radical (unpaired) electrons. The van der Waals surface area contributed by atoms with Crippen molar-refractivity contribution in [1.29, 1.82) is 0 Å². The summed E-state index contributed by atoms with van der Waals surface area (Å²) in [5.74, 6) is 0.760. The van der Waals surface area contributed by atoms with E-state index in [1.165, 1.54) is 5.56 Å². The number of anilines is 1. The SMILES string of the molecule is CCN(Cc1ccccc1)c1nc(C)c(C)nc1Cl. The Morgan fingerprint density at radius 3 is 2.32 bits per heavy atom. The van der Waals surface area contributed by atoms with Gasteiger partial charge in [-0.3, -0.25) is 0 Å². The van der Waals surface area contributed by atoms with E-state index in [2.05, 4.69) is 33.9 Å². The fourth-order valence-electron chi connectivity index (χ4n) is 1.91. The van der Waals surface area contributed by atoms with Gasteiger partial charge in [0, 0.05) is 13.1 Å². The number of halogens is 1. The van der Waals surface area contributed by atoms with Crippen LogP contribution in [0.3, 0.4) is 0 Å². The first-order valence-electron chi connectivity index (χ1n) is 6.41. The normalized spacial score (nSPS) is 10.5. The molecule has 0 aliphatic rings. The van der Waals surface area contributed by atoms with E-state index in [1.807, 2.05) is 32.0 Å². The zero-order valence-electron chi connectivity index (χ0n) is 11.5. The molecule has 4 heteroatoms. The lowest BCUT2D eigenvalue weighted by Crippen LogP contribution is -2.24. The highest BCUT2D eigenvalue weighted by molar-refractivity contribution is 6.31. The van der Waals surface area contributed by atoms with Crippen molar-refractivity contribution in [3.05, 3.63) is 52.4 Å². The first-order valence-corrected chi connectivity index (χ1v) is 6.79. The molecule has 19 heavy (non-hydrogen) atoms. The first-order chi connectivity index (χ1) is 9.11. The average molecular weight is 276 g/mol. The molecule has 2 aromatic rings. The molecule has 3 nitrogen and oxygen atoms in total. The van der Waals surface area contributed by atoms with Gasteiger partial charge in [-0.25, -0.2) is 9.97 Å². The van der Waals surface area contributed by atoms with Gasteiger partial charge in [-0.2, -0.15) is 0 Å². The Bertz CT molecular complexity index is 555. The van der Waals surface area contributed by atoms with E-state index < -0.39 is 0 Å². The van der Waals surface area contributed by atoms with Crippen molar-refractivity contribution in [2.75, 3.05) is 11.4 Å². The van der Waals surface area contributed by atoms with E-state index in [9.17, 15) is 0 Å². The standard InChI is InChI=1S/C15H18ClN3/c1-4-19(10-13-8-6-5-7-9-13)15-14(16)17-11(2)12(3)18-15/h5-9H,4,10H2,1-3H3. The number of benzene rings is 1. The molecule has 0 atom stereocenters. The zero-order chi connectivity index (χ0) is 13.8. The molecule has 1 aromatic carbocycles. The molecule has 0 saturated heterocycles. The van der Waals surface area contributed by atoms with Gasteiger partial charge in [0.1, 0.15) is 0 Å². The second kappa shape index (κ2) is 6.02. The minimum atomic E-state index is 0.473. The monoisotopic (exact) mass is 275 g/mol. The summed E-state index contributed by atoms with van der Waals surface area (Å²) in [6, 6.07) is 10.3. The highest BCUT2D eigenvalue weighted by Crippen LogP contribution is 2.24. The molecule has 0 aliphatic carbocycles. The number of hydrogen-bond acceptors (Lipinski definition) is 3. The van der Waals surface area contributed by atoms with Gasteiger partial charge in [-0.15, -0.1) is 0 Å². The Morgan fingerprint density at radius 1 is 1.05 bits per heavy atom. The van der Waals surface area contributed by atoms with Gasteiger partial charge in [0.15, 0.2) is 11.0 Å². The minimum Gasteiger partial charge on any atom is -0.350 e. The minimum absolute atomic E-state index is 0.473. The van der Waals surface area contributed by atoms with Gasteiger partial charge in [0.2, 0.25) is 0 Å². The summed E-state index contributed by atoms with van der Waals surface area (Å²) in [5, 5.41) is 0.473. The van der Waals surface area contributed by atoms with Crippen molar-refractivity contribution in [2.24, 2.45) is 0 Å². The van der Waals surface area contributed by atoms with E-state index in [0.29, 0.717) is 5.15 Å². The second-order valence-corrected chi connectivity index (χ2v) is 4.87. The summed E-state index contributed by atoms with van der Waals surface area (Å²) in [6.45, 7) is 7.60. The molecule has 0 aliphatic heterocycles. The highest BCUT2D eigenvalue weighted by atomic mass is 35.5. The molecule has 100 valence electrons. The summed E-state index contributed by atoms with van der Waals surface area (Å²) in [4.78, 5) is 11.1. The summed E-state index contributed by atoms with van der Waals surface area (Å²) >= 11 is 6.23. The smallest absolute Gasteiger partial charge is 0.171 e. The Labute approximate surface area is 119 Å². The third-order valence-corrected chi connectivity index (χ3v) is 3.40. The Morgan fingerprint density at radius 2 is 1.68 bits per heavy atom. The third kappa shape index (κ3) is 3.24. The number of aromatic nitrogens is 2. The number of rotatable bonds is 4. The molecule has 0 spiro atoms. The van der Waals surface area contributed by atoms with Gasteiger partial charge in [-0.1, -0.05) is 41.9 Å². The van der Waals surface area contributed by atoms with Gasteiger partial charge in [0.25, 0.3) is 0 Å². The maximum absolute atomic E-state index is 6.23. The molecule has 1 heterocycles. The van der Waals surface area contributed by atoms with Crippen LogP contribution >= 0.6 is 11.6 Å². The largest absolute Gasteiger partial charge is 0.350 e. The summed E-state index contributed by atoms with van der Waals surface area (Å²) in [6.07, 6.45) is 0. The van der Waals surface area contributed by atoms with Crippen LogP contribution in [0.4, 0.5) is 5.82 Å². The van der Waals surface area contributed by atoms with Crippen LogP contribution in [0.5, 0.6) is 0 Å². The van der Waals surface area contributed by atoms with Crippen molar-refractivity contribution in [3.63, 3.8) is 0 Å². The van der Waals surface area contributed by atoms with E-state index in [-0.39, 0.29) is 0 Å². The third-order valence-electron chi connectivity index (χ3n) is 3.15. The van der Waals surface area contributed by atoms with Crippen LogP contribution < -0.4 is 4.90 Å².